The Morgan fingerprint density at radius 2 is 2.00 bits per heavy atom. The largest absolute Gasteiger partial charge is 0.394 e. The lowest BCUT2D eigenvalue weighted by atomic mass is 10.2. The fourth-order valence-electron chi connectivity index (χ4n) is 1.96. The fraction of sp³-hybridized carbons (Fsp3) is 0.200. The Morgan fingerprint density at radius 3 is 2.73 bits per heavy atom. The molecule has 0 radical (unpaired) electrons. The molecular weight excluding hydrogens is 282 g/mol. The molecule has 7 heteroatoms. The van der Waals surface area contributed by atoms with Crippen molar-refractivity contribution in [2.45, 2.75) is 6.73 Å². The highest BCUT2D eigenvalue weighted by Crippen LogP contribution is 2.20. The quantitative estimate of drug-likeness (QED) is 0.692. The summed E-state index contributed by atoms with van der Waals surface area (Å²) in [5.74, 6) is 1.17. The molecule has 2 heterocycles. The summed E-state index contributed by atoms with van der Waals surface area (Å²) >= 11 is 0. The molecule has 0 amide bonds. The molecule has 0 aliphatic rings. The summed E-state index contributed by atoms with van der Waals surface area (Å²) in [5, 5.41) is 13.3. The van der Waals surface area contributed by atoms with E-state index in [1.54, 1.807) is 23.3 Å². The van der Waals surface area contributed by atoms with Crippen molar-refractivity contribution in [2.75, 3.05) is 13.2 Å². The third-order valence-electron chi connectivity index (χ3n) is 2.95. The Hall–Kier alpha value is -2.64. The fourth-order valence-corrected chi connectivity index (χ4v) is 1.96. The molecule has 0 saturated heterocycles. The summed E-state index contributed by atoms with van der Waals surface area (Å²) in [6.45, 7) is 0.382. The van der Waals surface area contributed by atoms with E-state index in [9.17, 15) is 0 Å². The van der Waals surface area contributed by atoms with Crippen molar-refractivity contribution in [3.8, 4) is 22.9 Å². The van der Waals surface area contributed by atoms with E-state index in [0.29, 0.717) is 17.3 Å². The zero-order chi connectivity index (χ0) is 15.2. The maximum Gasteiger partial charge on any atom is 0.181 e. The lowest BCUT2D eigenvalue weighted by molar-refractivity contribution is 0.0427. The molecular formula is C15H15N5O2. The van der Waals surface area contributed by atoms with E-state index < -0.39 is 0 Å². The average Bonchev–Trinajstić information content (AvgIpc) is 3.01. The van der Waals surface area contributed by atoms with Crippen LogP contribution in [0.4, 0.5) is 0 Å². The second-order valence-electron chi connectivity index (χ2n) is 4.48. The van der Waals surface area contributed by atoms with Gasteiger partial charge in [0.25, 0.3) is 0 Å². The minimum atomic E-state index is -0.0410. The molecule has 2 aromatic heterocycles. The second kappa shape index (κ2) is 6.88. The Morgan fingerprint density at radius 1 is 1.14 bits per heavy atom. The topological polar surface area (TPSA) is 86.0 Å². The second-order valence-corrected chi connectivity index (χ2v) is 4.48. The smallest absolute Gasteiger partial charge is 0.181 e. The summed E-state index contributed by atoms with van der Waals surface area (Å²) in [7, 11) is 0. The van der Waals surface area contributed by atoms with Crippen LogP contribution in [0.15, 0.2) is 48.9 Å². The van der Waals surface area contributed by atoms with Crippen LogP contribution in [0.2, 0.25) is 0 Å². The van der Waals surface area contributed by atoms with Crippen LogP contribution in [0.25, 0.3) is 22.9 Å². The van der Waals surface area contributed by atoms with Crippen molar-refractivity contribution in [1.29, 1.82) is 0 Å². The third kappa shape index (κ3) is 3.16. The summed E-state index contributed by atoms with van der Waals surface area (Å²) < 4.78 is 6.96. The highest BCUT2D eigenvalue weighted by Gasteiger charge is 2.14. The number of benzene rings is 1. The van der Waals surface area contributed by atoms with Crippen molar-refractivity contribution >= 4 is 0 Å². The number of hydrogen-bond acceptors (Lipinski definition) is 6. The van der Waals surface area contributed by atoms with Gasteiger partial charge in [-0.05, 0) is 0 Å². The minimum Gasteiger partial charge on any atom is -0.394 e. The molecule has 0 spiro atoms. The van der Waals surface area contributed by atoms with Gasteiger partial charge >= 0.3 is 0 Å². The Bertz CT molecular complexity index is 715. The van der Waals surface area contributed by atoms with Crippen LogP contribution in [0, 0.1) is 0 Å². The standard InChI is InChI=1S/C15H15N5O2/c21-8-9-22-11-20-15(13-10-16-6-7-17-13)18-14(19-20)12-4-2-1-3-5-12/h1-7,10,21H,8-9,11H2. The summed E-state index contributed by atoms with van der Waals surface area (Å²) in [4.78, 5) is 12.8. The van der Waals surface area contributed by atoms with E-state index in [-0.39, 0.29) is 19.9 Å². The van der Waals surface area contributed by atoms with Gasteiger partial charge in [0.2, 0.25) is 0 Å². The minimum absolute atomic E-state index is 0.0410. The first-order valence-electron chi connectivity index (χ1n) is 6.84. The molecule has 0 bridgehead atoms. The lowest BCUT2D eigenvalue weighted by Gasteiger charge is -2.05. The van der Waals surface area contributed by atoms with Crippen LogP contribution in [0.3, 0.4) is 0 Å². The van der Waals surface area contributed by atoms with E-state index in [4.69, 9.17) is 9.84 Å². The Labute approximate surface area is 127 Å². The molecule has 0 saturated carbocycles. The lowest BCUT2D eigenvalue weighted by Crippen LogP contribution is -2.09. The van der Waals surface area contributed by atoms with Crippen LogP contribution >= 0.6 is 0 Å². The molecule has 1 aromatic carbocycles. The summed E-state index contributed by atoms with van der Waals surface area (Å²) in [5.41, 5.74) is 1.53. The third-order valence-corrected chi connectivity index (χ3v) is 2.95. The molecule has 7 nitrogen and oxygen atoms in total. The summed E-state index contributed by atoms with van der Waals surface area (Å²) in [6.07, 6.45) is 4.83. The van der Waals surface area contributed by atoms with Gasteiger partial charge in [0.15, 0.2) is 11.6 Å². The van der Waals surface area contributed by atoms with Crippen molar-refractivity contribution in [3.63, 3.8) is 0 Å². The van der Waals surface area contributed by atoms with Crippen LogP contribution < -0.4 is 0 Å². The van der Waals surface area contributed by atoms with Crippen LogP contribution in [-0.4, -0.2) is 43.1 Å². The van der Waals surface area contributed by atoms with E-state index in [0.717, 1.165) is 5.56 Å². The van der Waals surface area contributed by atoms with Crippen molar-refractivity contribution < 1.29 is 9.84 Å². The van der Waals surface area contributed by atoms with Gasteiger partial charge in [0, 0.05) is 18.0 Å². The molecule has 1 N–H and O–H groups in total. The number of nitrogens with zero attached hydrogens (tertiary/aromatic N) is 5. The normalized spacial score (nSPS) is 10.8. The van der Waals surface area contributed by atoms with Gasteiger partial charge in [-0.2, -0.15) is 0 Å². The molecule has 22 heavy (non-hydrogen) atoms. The molecule has 0 atom stereocenters. The van der Waals surface area contributed by atoms with Gasteiger partial charge in [0.05, 0.1) is 19.4 Å². The van der Waals surface area contributed by atoms with Gasteiger partial charge in [-0.1, -0.05) is 30.3 Å². The first kappa shape index (κ1) is 14.3. The zero-order valence-electron chi connectivity index (χ0n) is 11.8. The monoisotopic (exact) mass is 297 g/mol. The van der Waals surface area contributed by atoms with Crippen molar-refractivity contribution in [3.05, 3.63) is 48.9 Å². The number of aliphatic hydroxyl groups is 1. The molecule has 0 unspecified atom stereocenters. The Kier molecular flexibility index (Phi) is 4.47. The SMILES string of the molecule is OCCOCn1nc(-c2ccccc2)nc1-c1cnccn1. The molecule has 0 aliphatic carbocycles. The van der Waals surface area contributed by atoms with Gasteiger partial charge in [-0.25, -0.2) is 14.6 Å². The number of ether oxygens (including phenoxy) is 1. The predicted molar refractivity (Wildman–Crippen MR) is 79.5 cm³/mol. The number of aliphatic hydroxyl groups excluding tert-OH is 1. The zero-order valence-corrected chi connectivity index (χ0v) is 11.8. The highest BCUT2D eigenvalue weighted by molar-refractivity contribution is 5.58. The van der Waals surface area contributed by atoms with E-state index in [1.165, 1.54) is 0 Å². The first-order chi connectivity index (χ1) is 10.9. The maximum atomic E-state index is 8.82. The van der Waals surface area contributed by atoms with Crippen molar-refractivity contribution in [1.82, 2.24) is 24.7 Å². The van der Waals surface area contributed by atoms with Crippen molar-refractivity contribution in [2.24, 2.45) is 0 Å². The molecule has 0 aliphatic heterocycles. The summed E-state index contributed by atoms with van der Waals surface area (Å²) in [6, 6.07) is 9.68. The Balaban J connectivity index is 1.97. The number of hydrogen-bond donors (Lipinski definition) is 1. The van der Waals surface area contributed by atoms with Crippen LogP contribution in [0.1, 0.15) is 0 Å². The van der Waals surface area contributed by atoms with Crippen LogP contribution in [0.5, 0.6) is 0 Å². The first-order valence-corrected chi connectivity index (χ1v) is 6.84. The average molecular weight is 297 g/mol. The predicted octanol–water partition coefficient (Wildman–Crippen LogP) is 1.37. The van der Waals surface area contributed by atoms with Gasteiger partial charge in [-0.15, -0.1) is 5.10 Å². The molecule has 0 fully saturated rings. The van der Waals surface area contributed by atoms with E-state index >= 15 is 0 Å². The molecule has 3 aromatic rings. The molecule has 112 valence electrons. The van der Waals surface area contributed by atoms with Gasteiger partial charge in [0.1, 0.15) is 12.4 Å². The molecule has 3 rings (SSSR count). The van der Waals surface area contributed by atoms with Crippen LogP contribution in [-0.2, 0) is 11.5 Å². The van der Waals surface area contributed by atoms with Gasteiger partial charge in [-0.3, -0.25) is 4.98 Å². The van der Waals surface area contributed by atoms with E-state index in [2.05, 4.69) is 20.1 Å². The highest BCUT2D eigenvalue weighted by atomic mass is 16.5. The maximum absolute atomic E-state index is 8.82. The van der Waals surface area contributed by atoms with E-state index in [1.807, 2.05) is 30.3 Å². The number of rotatable bonds is 6. The van der Waals surface area contributed by atoms with Gasteiger partial charge < -0.3 is 9.84 Å². The number of aromatic nitrogens is 5.